The highest BCUT2D eigenvalue weighted by Gasteiger charge is 2.15. The maximum Gasteiger partial charge on any atom is 0.162 e. The Hall–Kier alpha value is -1.26. The van der Waals surface area contributed by atoms with Crippen LogP contribution < -0.4 is 5.73 Å². The fraction of sp³-hybridized carbons (Fsp3) is 0.231. The van der Waals surface area contributed by atoms with Crippen molar-refractivity contribution < 1.29 is 8.78 Å². The van der Waals surface area contributed by atoms with Crippen molar-refractivity contribution in [3.63, 3.8) is 0 Å². The van der Waals surface area contributed by atoms with Gasteiger partial charge in [-0.3, -0.25) is 0 Å². The van der Waals surface area contributed by atoms with E-state index in [1.165, 1.54) is 6.07 Å². The third-order valence-electron chi connectivity index (χ3n) is 2.71. The predicted molar refractivity (Wildman–Crippen MR) is 66.0 cm³/mol. The molecule has 0 saturated carbocycles. The molecule has 0 saturated heterocycles. The van der Waals surface area contributed by atoms with E-state index in [9.17, 15) is 8.78 Å². The number of nitrogens with two attached hydrogens (primary N) is 1. The largest absolute Gasteiger partial charge is 0.323 e. The van der Waals surface area contributed by atoms with Crippen molar-refractivity contribution in [1.29, 1.82) is 0 Å². The molecule has 0 amide bonds. The number of hydrogen-bond donors (Lipinski definition) is 1. The molecular weight excluding hydrogens is 240 g/mol. The molecule has 0 radical (unpaired) electrons. The first-order valence-electron chi connectivity index (χ1n) is 5.32. The van der Waals surface area contributed by atoms with Crippen LogP contribution in [0.15, 0.2) is 29.6 Å². The lowest BCUT2D eigenvalue weighted by Crippen LogP contribution is -2.14. The minimum absolute atomic E-state index is 0.286. The molecule has 0 aliphatic rings. The molecule has 1 aromatic carbocycles. The van der Waals surface area contributed by atoms with E-state index in [2.05, 4.69) is 0 Å². The minimum atomic E-state index is -0.822. The number of hydrogen-bond acceptors (Lipinski definition) is 2. The summed E-state index contributed by atoms with van der Waals surface area (Å²) in [6.07, 6.45) is 0.310. The van der Waals surface area contributed by atoms with E-state index in [-0.39, 0.29) is 6.04 Å². The lowest BCUT2D eigenvalue weighted by molar-refractivity contribution is 0.494. The molecule has 2 aromatic rings. The van der Waals surface area contributed by atoms with E-state index in [1.807, 2.05) is 18.4 Å². The minimum Gasteiger partial charge on any atom is -0.323 e. The fourth-order valence-corrected chi connectivity index (χ4v) is 2.73. The molecule has 4 heteroatoms. The highest BCUT2D eigenvalue weighted by molar-refractivity contribution is 7.10. The van der Waals surface area contributed by atoms with Gasteiger partial charge in [0.25, 0.3) is 0 Å². The summed E-state index contributed by atoms with van der Waals surface area (Å²) in [5.74, 6) is -1.62. The third-order valence-corrected chi connectivity index (χ3v) is 3.86. The Morgan fingerprint density at radius 1 is 1.29 bits per heavy atom. The van der Waals surface area contributed by atoms with Crippen LogP contribution in [0.25, 0.3) is 0 Å². The predicted octanol–water partition coefficient (Wildman–Crippen LogP) is 3.58. The van der Waals surface area contributed by atoms with Gasteiger partial charge in [-0.15, -0.1) is 11.3 Å². The molecule has 2 rings (SSSR count). The van der Waals surface area contributed by atoms with Gasteiger partial charge in [-0.05, 0) is 42.0 Å². The van der Waals surface area contributed by atoms with Crippen LogP contribution in [-0.4, -0.2) is 0 Å². The average Bonchev–Trinajstić information content (AvgIpc) is 2.71. The van der Waals surface area contributed by atoms with Crippen molar-refractivity contribution in [2.75, 3.05) is 0 Å². The molecule has 1 heterocycles. The van der Waals surface area contributed by atoms with Crippen molar-refractivity contribution >= 4 is 11.3 Å². The summed E-state index contributed by atoms with van der Waals surface area (Å²) in [7, 11) is 0. The van der Waals surface area contributed by atoms with Gasteiger partial charge >= 0.3 is 0 Å². The van der Waals surface area contributed by atoms with E-state index in [0.29, 0.717) is 12.0 Å². The molecule has 1 atom stereocenters. The zero-order valence-corrected chi connectivity index (χ0v) is 10.2. The second kappa shape index (κ2) is 4.94. The number of aryl methyl sites for hydroxylation is 1. The maximum absolute atomic E-state index is 13.5. The fourth-order valence-electron chi connectivity index (χ4n) is 1.80. The van der Waals surface area contributed by atoms with Crippen molar-refractivity contribution in [3.05, 3.63) is 57.3 Å². The van der Waals surface area contributed by atoms with Crippen LogP contribution in [0, 0.1) is 18.6 Å². The summed E-state index contributed by atoms with van der Waals surface area (Å²) in [6, 6.07) is 5.87. The third kappa shape index (κ3) is 2.53. The van der Waals surface area contributed by atoms with Crippen LogP contribution >= 0.6 is 11.3 Å². The number of halogens is 2. The number of rotatable bonds is 3. The van der Waals surface area contributed by atoms with E-state index in [1.54, 1.807) is 17.4 Å². The van der Waals surface area contributed by atoms with Crippen molar-refractivity contribution in [2.45, 2.75) is 19.4 Å². The molecule has 2 N–H and O–H groups in total. The van der Waals surface area contributed by atoms with E-state index in [4.69, 9.17) is 5.73 Å². The lowest BCUT2D eigenvalue weighted by Gasteiger charge is -2.12. The van der Waals surface area contributed by atoms with Gasteiger partial charge in [0.15, 0.2) is 11.6 Å². The summed E-state index contributed by atoms with van der Waals surface area (Å²) in [5.41, 5.74) is 7.43. The van der Waals surface area contributed by atoms with Gasteiger partial charge < -0.3 is 5.73 Å². The van der Waals surface area contributed by atoms with Crippen molar-refractivity contribution in [2.24, 2.45) is 5.73 Å². The normalized spacial score (nSPS) is 12.7. The van der Waals surface area contributed by atoms with Gasteiger partial charge in [-0.25, -0.2) is 8.78 Å². The Morgan fingerprint density at radius 3 is 2.71 bits per heavy atom. The summed E-state index contributed by atoms with van der Waals surface area (Å²) < 4.78 is 26.5. The summed E-state index contributed by atoms with van der Waals surface area (Å²) in [5, 5.41) is 1.95. The van der Waals surface area contributed by atoms with Gasteiger partial charge in [0.05, 0.1) is 0 Å². The second-order valence-electron chi connectivity index (χ2n) is 3.99. The maximum atomic E-state index is 13.5. The van der Waals surface area contributed by atoms with Crippen LogP contribution in [0.2, 0.25) is 0 Å². The molecule has 1 unspecified atom stereocenters. The SMILES string of the molecule is Cc1ccsc1C(N)Cc1cccc(F)c1F. The Bertz CT molecular complexity index is 522. The summed E-state index contributed by atoms with van der Waals surface area (Å²) in [4.78, 5) is 1.02. The standard InChI is InChI=1S/C13H13F2NS/c1-8-5-6-17-13(8)11(16)7-9-3-2-4-10(14)12(9)15/h2-6,11H,7,16H2,1H3. The topological polar surface area (TPSA) is 26.0 Å². The van der Waals surface area contributed by atoms with E-state index in [0.717, 1.165) is 16.5 Å². The number of benzene rings is 1. The summed E-state index contributed by atoms with van der Waals surface area (Å²) in [6.45, 7) is 1.97. The second-order valence-corrected chi connectivity index (χ2v) is 4.94. The lowest BCUT2D eigenvalue weighted by atomic mass is 10.0. The van der Waals surface area contributed by atoms with Crippen molar-refractivity contribution in [3.8, 4) is 0 Å². The van der Waals surface area contributed by atoms with Crippen LogP contribution in [0.1, 0.15) is 22.0 Å². The Labute approximate surface area is 103 Å². The molecule has 0 aliphatic carbocycles. The number of thiophene rings is 1. The first-order valence-corrected chi connectivity index (χ1v) is 6.20. The van der Waals surface area contributed by atoms with Gasteiger partial charge in [0.2, 0.25) is 0 Å². The molecular formula is C13H13F2NS. The quantitative estimate of drug-likeness (QED) is 0.889. The van der Waals surface area contributed by atoms with Gasteiger partial charge in [0, 0.05) is 10.9 Å². The van der Waals surface area contributed by atoms with Crippen LogP contribution in [-0.2, 0) is 6.42 Å². The van der Waals surface area contributed by atoms with Crippen molar-refractivity contribution in [1.82, 2.24) is 0 Å². The first-order chi connectivity index (χ1) is 8.09. The van der Waals surface area contributed by atoms with E-state index < -0.39 is 11.6 Å². The van der Waals surface area contributed by atoms with Crippen LogP contribution in [0.4, 0.5) is 8.78 Å². The molecule has 90 valence electrons. The Kier molecular flexibility index (Phi) is 3.54. The van der Waals surface area contributed by atoms with Crippen LogP contribution in [0.5, 0.6) is 0 Å². The molecule has 0 aliphatic heterocycles. The average molecular weight is 253 g/mol. The van der Waals surface area contributed by atoms with Gasteiger partial charge in [0.1, 0.15) is 0 Å². The molecule has 17 heavy (non-hydrogen) atoms. The first kappa shape index (κ1) is 12.2. The smallest absolute Gasteiger partial charge is 0.162 e. The van der Waals surface area contributed by atoms with E-state index >= 15 is 0 Å². The zero-order valence-electron chi connectivity index (χ0n) is 9.41. The molecule has 1 nitrogen and oxygen atoms in total. The summed E-state index contributed by atoms with van der Waals surface area (Å²) >= 11 is 1.55. The van der Waals surface area contributed by atoms with Gasteiger partial charge in [-0.2, -0.15) is 0 Å². The highest BCUT2D eigenvalue weighted by Crippen LogP contribution is 2.26. The highest BCUT2D eigenvalue weighted by atomic mass is 32.1. The monoisotopic (exact) mass is 253 g/mol. The Balaban J connectivity index is 2.22. The molecule has 1 aromatic heterocycles. The van der Waals surface area contributed by atoms with Crippen LogP contribution in [0.3, 0.4) is 0 Å². The molecule has 0 spiro atoms. The molecule has 0 fully saturated rings. The van der Waals surface area contributed by atoms with Gasteiger partial charge in [-0.1, -0.05) is 12.1 Å². The molecule has 0 bridgehead atoms. The Morgan fingerprint density at radius 2 is 2.06 bits per heavy atom. The zero-order chi connectivity index (χ0) is 12.4.